The summed E-state index contributed by atoms with van der Waals surface area (Å²) in [5, 5.41) is 0. The molecule has 26 heavy (non-hydrogen) atoms. The Morgan fingerprint density at radius 1 is 0.885 bits per heavy atom. The van der Waals surface area contributed by atoms with Crippen molar-refractivity contribution in [3.63, 3.8) is 0 Å². The van der Waals surface area contributed by atoms with Crippen LogP contribution < -0.4 is 0 Å². The van der Waals surface area contributed by atoms with Crippen LogP contribution in [-0.2, 0) is 19.6 Å². The molecule has 2 atom stereocenters. The average molecular weight is 352 g/mol. The normalized spacial score (nSPS) is 20.7. The lowest BCUT2D eigenvalue weighted by atomic mass is 9.85. The highest BCUT2D eigenvalue weighted by atomic mass is 15.1. The molecule has 1 fully saturated rings. The van der Waals surface area contributed by atoms with E-state index in [1.165, 1.54) is 36.8 Å². The maximum atomic E-state index is 4.41. The first-order chi connectivity index (χ1) is 12.6. The van der Waals surface area contributed by atoms with Crippen LogP contribution in [0, 0.1) is 5.92 Å². The number of pyridine rings is 1. The zero-order valence-corrected chi connectivity index (χ0v) is 16.6. The van der Waals surface area contributed by atoms with Crippen LogP contribution >= 0.6 is 0 Å². The smallest absolute Gasteiger partial charge is 0.0543 e. The summed E-state index contributed by atoms with van der Waals surface area (Å²) in [5.41, 5.74) is 3.90. The van der Waals surface area contributed by atoms with Crippen molar-refractivity contribution in [2.45, 2.75) is 58.3 Å². The van der Waals surface area contributed by atoms with Crippen molar-refractivity contribution >= 4 is 0 Å². The molecule has 0 aliphatic heterocycles. The van der Waals surface area contributed by atoms with E-state index in [1.54, 1.807) is 0 Å². The third-order valence-electron chi connectivity index (χ3n) is 5.70. The second-order valence-electron chi connectivity index (χ2n) is 8.05. The van der Waals surface area contributed by atoms with Crippen LogP contribution in [0.1, 0.15) is 49.4 Å². The van der Waals surface area contributed by atoms with Gasteiger partial charge in [0.1, 0.15) is 0 Å². The Hall–Kier alpha value is -1.71. The summed E-state index contributed by atoms with van der Waals surface area (Å²) in [5.74, 6) is 0.827. The van der Waals surface area contributed by atoms with Crippen molar-refractivity contribution in [2.24, 2.45) is 5.92 Å². The summed E-state index contributed by atoms with van der Waals surface area (Å²) in [6, 6.07) is 16.0. The number of hydrogen-bond donors (Lipinski definition) is 0. The first-order valence-corrected chi connectivity index (χ1v) is 9.98. The zero-order valence-electron chi connectivity index (χ0n) is 16.6. The van der Waals surface area contributed by atoms with Crippen LogP contribution in [0.25, 0.3) is 0 Å². The first kappa shape index (κ1) is 19.1. The fourth-order valence-electron chi connectivity index (χ4n) is 4.24. The standard InChI is InChI=1S/C23H33N3/c1-19-8-4-5-10-23(19)26(3)17-21-13-11-20(12-14-21)16-25(2)18-22-9-6-7-15-24-22/h6-7,9,11-15,19,23H,4-5,8,10,16-18H2,1-3H3/t19-,23+/m0/s1. The third kappa shape index (κ3) is 5.39. The fourth-order valence-corrected chi connectivity index (χ4v) is 4.24. The number of rotatable bonds is 7. The van der Waals surface area contributed by atoms with Crippen LogP contribution in [0.4, 0.5) is 0 Å². The van der Waals surface area contributed by atoms with E-state index in [9.17, 15) is 0 Å². The zero-order chi connectivity index (χ0) is 18.4. The minimum absolute atomic E-state index is 0.743. The van der Waals surface area contributed by atoms with E-state index in [2.05, 4.69) is 72.2 Å². The molecule has 0 N–H and O–H groups in total. The van der Waals surface area contributed by atoms with Gasteiger partial charge in [-0.3, -0.25) is 14.8 Å². The summed E-state index contributed by atoms with van der Waals surface area (Å²) in [7, 11) is 4.45. The molecule has 3 nitrogen and oxygen atoms in total. The molecule has 1 aliphatic rings. The van der Waals surface area contributed by atoms with Crippen LogP contribution in [0.15, 0.2) is 48.7 Å². The molecule has 3 heteroatoms. The molecule has 2 aromatic rings. The minimum Gasteiger partial charge on any atom is -0.299 e. The van der Waals surface area contributed by atoms with Crippen LogP contribution in [0.5, 0.6) is 0 Å². The van der Waals surface area contributed by atoms with Crippen molar-refractivity contribution < 1.29 is 0 Å². The monoisotopic (exact) mass is 351 g/mol. The van der Waals surface area contributed by atoms with Gasteiger partial charge in [-0.05, 0) is 56.1 Å². The van der Waals surface area contributed by atoms with E-state index < -0.39 is 0 Å². The van der Waals surface area contributed by atoms with Crippen LogP contribution in [-0.4, -0.2) is 34.9 Å². The molecule has 3 rings (SSSR count). The number of nitrogens with zero attached hydrogens (tertiary/aromatic N) is 3. The highest BCUT2D eigenvalue weighted by Gasteiger charge is 2.24. The Kier molecular flexibility index (Phi) is 6.81. The lowest BCUT2D eigenvalue weighted by molar-refractivity contribution is 0.133. The maximum Gasteiger partial charge on any atom is 0.0543 e. The van der Waals surface area contributed by atoms with Gasteiger partial charge < -0.3 is 0 Å². The van der Waals surface area contributed by atoms with Gasteiger partial charge in [-0.25, -0.2) is 0 Å². The topological polar surface area (TPSA) is 19.4 Å². The van der Waals surface area contributed by atoms with Gasteiger partial charge in [0.2, 0.25) is 0 Å². The quantitative estimate of drug-likeness (QED) is 0.719. The Balaban J connectivity index is 1.51. The van der Waals surface area contributed by atoms with Crippen molar-refractivity contribution in [1.82, 2.24) is 14.8 Å². The molecule has 0 bridgehead atoms. The number of hydrogen-bond acceptors (Lipinski definition) is 3. The van der Waals surface area contributed by atoms with E-state index in [0.29, 0.717) is 0 Å². The third-order valence-corrected chi connectivity index (χ3v) is 5.70. The average Bonchev–Trinajstić information content (AvgIpc) is 2.64. The molecule has 140 valence electrons. The van der Waals surface area contributed by atoms with E-state index in [0.717, 1.165) is 37.3 Å². The summed E-state index contributed by atoms with van der Waals surface area (Å²) >= 11 is 0. The predicted molar refractivity (Wildman–Crippen MR) is 109 cm³/mol. The minimum atomic E-state index is 0.743. The van der Waals surface area contributed by atoms with Gasteiger partial charge in [-0.2, -0.15) is 0 Å². The number of benzene rings is 1. The maximum absolute atomic E-state index is 4.41. The Bertz CT molecular complexity index is 653. The second kappa shape index (κ2) is 9.29. The van der Waals surface area contributed by atoms with Gasteiger partial charge in [0.05, 0.1) is 5.69 Å². The van der Waals surface area contributed by atoms with Gasteiger partial charge in [-0.1, -0.05) is 50.1 Å². The molecular weight excluding hydrogens is 318 g/mol. The largest absolute Gasteiger partial charge is 0.299 e. The molecule has 1 aromatic carbocycles. The summed E-state index contributed by atoms with van der Waals surface area (Å²) in [6.07, 6.45) is 7.40. The Morgan fingerprint density at radius 2 is 1.58 bits per heavy atom. The van der Waals surface area contributed by atoms with Crippen molar-refractivity contribution in [2.75, 3.05) is 14.1 Å². The lowest BCUT2D eigenvalue weighted by Gasteiger charge is -2.36. The van der Waals surface area contributed by atoms with Gasteiger partial charge in [0, 0.05) is 31.9 Å². The van der Waals surface area contributed by atoms with E-state index in [-0.39, 0.29) is 0 Å². The predicted octanol–water partition coefficient (Wildman–Crippen LogP) is 4.72. The first-order valence-electron chi connectivity index (χ1n) is 9.98. The fraction of sp³-hybridized carbons (Fsp3) is 0.522. The van der Waals surface area contributed by atoms with Gasteiger partial charge >= 0.3 is 0 Å². The van der Waals surface area contributed by atoms with E-state index >= 15 is 0 Å². The summed E-state index contributed by atoms with van der Waals surface area (Å²) in [4.78, 5) is 9.28. The van der Waals surface area contributed by atoms with Crippen molar-refractivity contribution in [3.05, 3.63) is 65.5 Å². The van der Waals surface area contributed by atoms with Gasteiger partial charge in [0.25, 0.3) is 0 Å². The van der Waals surface area contributed by atoms with Crippen LogP contribution in [0.3, 0.4) is 0 Å². The molecule has 0 amide bonds. The molecule has 1 aromatic heterocycles. The molecule has 0 saturated heterocycles. The van der Waals surface area contributed by atoms with Crippen molar-refractivity contribution in [3.8, 4) is 0 Å². The van der Waals surface area contributed by atoms with E-state index in [4.69, 9.17) is 0 Å². The SMILES string of the molecule is C[C@H]1CCCC[C@H]1N(C)Cc1ccc(CN(C)Cc2ccccn2)cc1. The highest BCUT2D eigenvalue weighted by Crippen LogP contribution is 2.28. The Morgan fingerprint density at radius 3 is 2.23 bits per heavy atom. The van der Waals surface area contributed by atoms with Crippen molar-refractivity contribution in [1.29, 1.82) is 0 Å². The highest BCUT2D eigenvalue weighted by molar-refractivity contribution is 5.22. The summed E-state index contributed by atoms with van der Waals surface area (Å²) < 4.78 is 0. The van der Waals surface area contributed by atoms with Crippen LogP contribution in [0.2, 0.25) is 0 Å². The lowest BCUT2D eigenvalue weighted by Crippen LogP contribution is -2.38. The second-order valence-corrected chi connectivity index (χ2v) is 8.05. The molecule has 0 spiro atoms. The molecule has 0 radical (unpaired) electrons. The Labute approximate surface area is 159 Å². The van der Waals surface area contributed by atoms with E-state index in [1.807, 2.05) is 12.3 Å². The summed E-state index contributed by atoms with van der Waals surface area (Å²) in [6.45, 7) is 5.30. The van der Waals surface area contributed by atoms with Gasteiger partial charge in [-0.15, -0.1) is 0 Å². The molecule has 0 unspecified atom stereocenters. The molecular formula is C23H33N3. The molecule has 1 heterocycles. The number of aromatic nitrogens is 1. The molecule has 1 saturated carbocycles. The molecule has 1 aliphatic carbocycles. The van der Waals surface area contributed by atoms with Gasteiger partial charge in [0.15, 0.2) is 0 Å².